The van der Waals surface area contributed by atoms with Gasteiger partial charge in [-0.1, -0.05) is 5.16 Å². The van der Waals surface area contributed by atoms with Crippen molar-refractivity contribution in [3.05, 3.63) is 34.5 Å². The zero-order valence-corrected chi connectivity index (χ0v) is 13.3. The van der Waals surface area contributed by atoms with Crippen molar-refractivity contribution in [2.24, 2.45) is 0 Å². The molecule has 1 aliphatic rings. The van der Waals surface area contributed by atoms with Gasteiger partial charge in [0.1, 0.15) is 9.97 Å². The summed E-state index contributed by atoms with van der Waals surface area (Å²) >= 11 is 1.29. The quantitative estimate of drug-likeness (QED) is 0.810. The van der Waals surface area contributed by atoms with Crippen LogP contribution in [0.1, 0.15) is 29.2 Å². The van der Waals surface area contributed by atoms with Crippen molar-refractivity contribution in [1.29, 1.82) is 0 Å². The van der Waals surface area contributed by atoms with E-state index >= 15 is 0 Å². The van der Waals surface area contributed by atoms with Gasteiger partial charge in [0, 0.05) is 23.5 Å². The summed E-state index contributed by atoms with van der Waals surface area (Å²) in [6.45, 7) is 2.63. The standard InChI is InChI=1S/C13H17N3O3S2/c1-9-6-11(16-19-9)7-15-21(17,18)13-5-4-12(20-13)8-14-10-2-3-10/h4-6,10,14-15H,2-3,7-8H2,1H3. The van der Waals surface area contributed by atoms with Crippen LogP contribution in [-0.4, -0.2) is 19.6 Å². The first-order valence-electron chi connectivity index (χ1n) is 6.77. The maximum absolute atomic E-state index is 12.2. The van der Waals surface area contributed by atoms with E-state index in [1.807, 2.05) is 6.07 Å². The molecule has 0 radical (unpaired) electrons. The minimum Gasteiger partial charge on any atom is -0.361 e. The Bertz CT molecular complexity index is 717. The minimum absolute atomic E-state index is 0.132. The number of hydrogen-bond acceptors (Lipinski definition) is 6. The van der Waals surface area contributed by atoms with Crippen LogP contribution in [-0.2, 0) is 23.1 Å². The molecule has 1 fully saturated rings. The van der Waals surface area contributed by atoms with Crippen LogP contribution < -0.4 is 10.0 Å². The Morgan fingerprint density at radius 2 is 2.19 bits per heavy atom. The van der Waals surface area contributed by atoms with E-state index in [1.165, 1.54) is 24.2 Å². The molecular formula is C13H17N3O3S2. The predicted octanol–water partition coefficient (Wildman–Crippen LogP) is 1.78. The first-order chi connectivity index (χ1) is 10.0. The largest absolute Gasteiger partial charge is 0.361 e. The minimum atomic E-state index is -3.49. The van der Waals surface area contributed by atoms with Gasteiger partial charge < -0.3 is 9.84 Å². The van der Waals surface area contributed by atoms with Crippen molar-refractivity contribution in [1.82, 2.24) is 15.2 Å². The lowest BCUT2D eigenvalue weighted by atomic mass is 10.4. The topological polar surface area (TPSA) is 84.2 Å². The second-order valence-corrected chi connectivity index (χ2v) is 8.29. The molecule has 1 saturated carbocycles. The van der Waals surface area contributed by atoms with Crippen molar-refractivity contribution >= 4 is 21.4 Å². The Kier molecular flexibility index (Phi) is 4.12. The number of nitrogens with zero attached hydrogens (tertiary/aromatic N) is 1. The van der Waals surface area contributed by atoms with Crippen LogP contribution >= 0.6 is 11.3 Å². The molecule has 114 valence electrons. The SMILES string of the molecule is Cc1cc(CNS(=O)(=O)c2ccc(CNC3CC3)s2)no1. The molecule has 2 aromatic rings. The van der Waals surface area contributed by atoms with Crippen molar-refractivity contribution in [2.75, 3.05) is 0 Å². The molecule has 21 heavy (non-hydrogen) atoms. The fraction of sp³-hybridized carbons (Fsp3) is 0.462. The number of thiophene rings is 1. The number of aryl methyl sites for hydroxylation is 1. The number of nitrogens with one attached hydrogen (secondary N) is 2. The Morgan fingerprint density at radius 1 is 1.38 bits per heavy atom. The van der Waals surface area contributed by atoms with Gasteiger partial charge in [0.25, 0.3) is 0 Å². The first-order valence-corrected chi connectivity index (χ1v) is 9.07. The van der Waals surface area contributed by atoms with E-state index in [0.29, 0.717) is 21.7 Å². The maximum Gasteiger partial charge on any atom is 0.250 e. The van der Waals surface area contributed by atoms with Crippen molar-refractivity contribution in [2.45, 2.75) is 43.1 Å². The van der Waals surface area contributed by atoms with Crippen LogP contribution in [0.5, 0.6) is 0 Å². The molecule has 0 amide bonds. The summed E-state index contributed by atoms with van der Waals surface area (Å²) < 4.78 is 32.2. The molecule has 0 atom stereocenters. The number of hydrogen-bond donors (Lipinski definition) is 2. The van der Waals surface area contributed by atoms with Crippen LogP contribution in [0.2, 0.25) is 0 Å². The molecule has 2 aromatic heterocycles. The van der Waals surface area contributed by atoms with E-state index in [1.54, 1.807) is 19.1 Å². The molecule has 0 spiro atoms. The van der Waals surface area contributed by atoms with Crippen LogP contribution in [0, 0.1) is 6.92 Å². The van der Waals surface area contributed by atoms with E-state index in [4.69, 9.17) is 4.52 Å². The maximum atomic E-state index is 12.2. The number of aromatic nitrogens is 1. The third kappa shape index (κ3) is 3.91. The summed E-state index contributed by atoms with van der Waals surface area (Å²) in [5.41, 5.74) is 0.572. The van der Waals surface area contributed by atoms with E-state index in [9.17, 15) is 8.42 Å². The van der Waals surface area contributed by atoms with Gasteiger partial charge in [-0.2, -0.15) is 0 Å². The molecule has 2 heterocycles. The molecule has 0 aliphatic heterocycles. The van der Waals surface area contributed by atoms with Gasteiger partial charge in [0.05, 0.1) is 12.2 Å². The molecule has 3 rings (SSSR count). The third-order valence-corrected chi connectivity index (χ3v) is 6.14. The van der Waals surface area contributed by atoms with Crippen LogP contribution in [0.25, 0.3) is 0 Å². The van der Waals surface area contributed by atoms with Crippen LogP contribution in [0.15, 0.2) is 26.9 Å². The highest BCUT2D eigenvalue weighted by atomic mass is 32.2. The number of rotatable bonds is 7. The first kappa shape index (κ1) is 14.7. The molecule has 8 heteroatoms. The normalized spacial score (nSPS) is 15.5. The third-order valence-electron chi connectivity index (χ3n) is 3.16. The highest BCUT2D eigenvalue weighted by Gasteiger charge is 2.21. The second-order valence-electron chi connectivity index (χ2n) is 5.13. The van der Waals surface area contributed by atoms with Gasteiger partial charge in [-0.3, -0.25) is 0 Å². The zero-order chi connectivity index (χ0) is 14.9. The van der Waals surface area contributed by atoms with Gasteiger partial charge in [-0.05, 0) is 31.9 Å². The monoisotopic (exact) mass is 327 g/mol. The highest BCUT2D eigenvalue weighted by molar-refractivity contribution is 7.91. The Balaban J connectivity index is 1.60. The van der Waals surface area contributed by atoms with Gasteiger partial charge in [-0.15, -0.1) is 11.3 Å². The summed E-state index contributed by atoms with van der Waals surface area (Å²) in [6.07, 6.45) is 2.43. The van der Waals surface area contributed by atoms with Crippen LogP contribution in [0.3, 0.4) is 0 Å². The van der Waals surface area contributed by atoms with E-state index in [2.05, 4.69) is 15.2 Å². The molecule has 0 unspecified atom stereocenters. The fourth-order valence-electron chi connectivity index (χ4n) is 1.87. The average molecular weight is 327 g/mol. The number of sulfonamides is 1. The summed E-state index contributed by atoms with van der Waals surface area (Å²) in [5.74, 6) is 0.661. The Morgan fingerprint density at radius 3 is 2.86 bits per heavy atom. The molecular weight excluding hydrogens is 310 g/mol. The predicted molar refractivity (Wildman–Crippen MR) is 79.4 cm³/mol. The molecule has 1 aliphatic carbocycles. The lowest BCUT2D eigenvalue weighted by Crippen LogP contribution is -2.22. The molecule has 2 N–H and O–H groups in total. The van der Waals surface area contributed by atoms with E-state index in [-0.39, 0.29) is 6.54 Å². The summed E-state index contributed by atoms with van der Waals surface area (Å²) in [4.78, 5) is 1.03. The van der Waals surface area contributed by atoms with Crippen molar-refractivity contribution in [3.63, 3.8) is 0 Å². The lowest BCUT2D eigenvalue weighted by molar-refractivity contribution is 0.390. The van der Waals surface area contributed by atoms with Gasteiger partial charge in [-0.25, -0.2) is 13.1 Å². The second kappa shape index (κ2) is 5.88. The fourth-order valence-corrected chi connectivity index (χ4v) is 4.22. The molecule has 0 saturated heterocycles. The summed E-state index contributed by atoms with van der Waals surface area (Å²) in [5, 5.41) is 7.14. The molecule has 0 aromatic carbocycles. The van der Waals surface area contributed by atoms with Crippen molar-refractivity contribution < 1.29 is 12.9 Å². The van der Waals surface area contributed by atoms with E-state index < -0.39 is 10.0 Å². The van der Waals surface area contributed by atoms with Gasteiger partial charge >= 0.3 is 0 Å². The Labute approximate surface area is 127 Å². The lowest BCUT2D eigenvalue weighted by Gasteiger charge is -2.02. The van der Waals surface area contributed by atoms with Gasteiger partial charge in [0.15, 0.2) is 0 Å². The Hall–Kier alpha value is -1.22. The summed E-state index contributed by atoms with van der Waals surface area (Å²) in [6, 6.07) is 5.82. The van der Waals surface area contributed by atoms with Gasteiger partial charge in [0.2, 0.25) is 10.0 Å². The zero-order valence-electron chi connectivity index (χ0n) is 11.6. The molecule has 6 nitrogen and oxygen atoms in total. The molecule has 0 bridgehead atoms. The van der Waals surface area contributed by atoms with Crippen LogP contribution in [0.4, 0.5) is 0 Å². The average Bonchev–Trinajstić information content (AvgIpc) is 2.97. The van der Waals surface area contributed by atoms with E-state index in [0.717, 1.165) is 11.4 Å². The highest BCUT2D eigenvalue weighted by Crippen LogP contribution is 2.24. The van der Waals surface area contributed by atoms with Crippen molar-refractivity contribution in [3.8, 4) is 0 Å². The summed E-state index contributed by atoms with van der Waals surface area (Å²) in [7, 11) is -3.49. The smallest absolute Gasteiger partial charge is 0.250 e.